The third-order valence-corrected chi connectivity index (χ3v) is 2.91. The molecule has 0 unspecified atom stereocenters. The van der Waals surface area contributed by atoms with Crippen molar-refractivity contribution in [1.29, 1.82) is 0 Å². The summed E-state index contributed by atoms with van der Waals surface area (Å²) < 4.78 is 5.59. The monoisotopic (exact) mass is 294 g/mol. The largest absolute Gasteiger partial charge is 0.419 e. The van der Waals surface area contributed by atoms with E-state index in [1.54, 1.807) is 12.1 Å². The highest BCUT2D eigenvalue weighted by atomic mass is 35.5. The lowest BCUT2D eigenvalue weighted by Crippen LogP contribution is -2.35. The Kier molecular flexibility index (Phi) is 4.30. The van der Waals surface area contributed by atoms with Crippen molar-refractivity contribution in [3.8, 4) is 11.8 Å². The molecule has 2 heterocycles. The Balaban J connectivity index is 2.11. The molecular weight excluding hydrogens is 276 g/mol. The molecule has 2 aromatic heterocycles. The highest BCUT2D eigenvalue weighted by molar-refractivity contribution is 6.31. The van der Waals surface area contributed by atoms with E-state index in [1.807, 2.05) is 13.0 Å². The van der Waals surface area contributed by atoms with Gasteiger partial charge in [0.2, 0.25) is 11.8 Å². The molecule has 0 aliphatic heterocycles. The lowest BCUT2D eigenvalue weighted by Gasteiger charge is -2.20. The maximum absolute atomic E-state index is 6.15. The first-order chi connectivity index (χ1) is 9.33. The molecule has 0 aliphatic rings. The van der Waals surface area contributed by atoms with Crippen molar-refractivity contribution in [3.63, 3.8) is 0 Å². The molecule has 0 aromatic carbocycles. The summed E-state index contributed by atoms with van der Waals surface area (Å²) in [5.41, 5.74) is 1.69. The van der Waals surface area contributed by atoms with Gasteiger partial charge >= 0.3 is 0 Å². The van der Waals surface area contributed by atoms with Gasteiger partial charge in [-0.25, -0.2) is 4.98 Å². The molecule has 2 aromatic rings. The Hall–Kier alpha value is -1.59. The quantitative estimate of drug-likeness (QED) is 0.906. The summed E-state index contributed by atoms with van der Waals surface area (Å²) in [4.78, 5) is 4.41. The number of ether oxygens (including phenoxy) is 1. The van der Waals surface area contributed by atoms with Gasteiger partial charge in [-0.2, -0.15) is 0 Å². The first-order valence-corrected chi connectivity index (χ1v) is 6.81. The maximum Gasteiger partial charge on any atom is 0.240 e. The second-order valence-electron chi connectivity index (χ2n) is 5.67. The second kappa shape index (κ2) is 5.81. The summed E-state index contributed by atoms with van der Waals surface area (Å²) in [6.45, 7) is 8.77. The third kappa shape index (κ3) is 4.21. The molecule has 5 nitrogen and oxygen atoms in total. The molecule has 6 heteroatoms. The van der Waals surface area contributed by atoms with Crippen LogP contribution in [-0.2, 0) is 6.54 Å². The molecule has 0 saturated carbocycles. The fourth-order valence-electron chi connectivity index (χ4n) is 1.55. The van der Waals surface area contributed by atoms with E-state index in [0.29, 0.717) is 23.3 Å². The zero-order valence-electron chi connectivity index (χ0n) is 12.1. The summed E-state index contributed by atoms with van der Waals surface area (Å²) in [6, 6.07) is 5.32. The van der Waals surface area contributed by atoms with E-state index >= 15 is 0 Å². The molecule has 0 bridgehead atoms. The first kappa shape index (κ1) is 14.8. The summed E-state index contributed by atoms with van der Waals surface area (Å²) >= 11 is 6.15. The van der Waals surface area contributed by atoms with Gasteiger partial charge in [0, 0.05) is 29.9 Å². The van der Waals surface area contributed by atoms with E-state index in [0.717, 1.165) is 11.4 Å². The van der Waals surface area contributed by atoms with E-state index in [1.165, 1.54) is 0 Å². The third-order valence-electron chi connectivity index (χ3n) is 2.57. The van der Waals surface area contributed by atoms with Gasteiger partial charge in [-0.3, -0.25) is 5.10 Å². The Morgan fingerprint density at radius 1 is 1.30 bits per heavy atom. The molecule has 0 saturated heterocycles. The Morgan fingerprint density at radius 3 is 2.65 bits per heavy atom. The lowest BCUT2D eigenvalue weighted by molar-refractivity contribution is 0.413. The smallest absolute Gasteiger partial charge is 0.240 e. The van der Waals surface area contributed by atoms with E-state index in [4.69, 9.17) is 16.3 Å². The fourth-order valence-corrected chi connectivity index (χ4v) is 1.72. The minimum absolute atomic E-state index is 0.00117. The average molecular weight is 295 g/mol. The first-order valence-electron chi connectivity index (χ1n) is 6.44. The topological polar surface area (TPSA) is 62.8 Å². The van der Waals surface area contributed by atoms with Crippen LogP contribution in [-0.4, -0.2) is 20.7 Å². The van der Waals surface area contributed by atoms with Crippen LogP contribution < -0.4 is 10.1 Å². The Labute approximate surface area is 123 Å². The van der Waals surface area contributed by atoms with Gasteiger partial charge in [-0.05, 0) is 33.8 Å². The van der Waals surface area contributed by atoms with E-state index in [9.17, 15) is 0 Å². The SMILES string of the molecule is Cc1cc(Oc2ccc(Cl)c(CNC(C)(C)C)n2)n[nH]1. The molecule has 0 radical (unpaired) electrons. The number of rotatable bonds is 4. The molecule has 108 valence electrons. The molecule has 0 amide bonds. The van der Waals surface area contributed by atoms with Crippen LogP contribution in [0.2, 0.25) is 5.02 Å². The molecule has 0 atom stereocenters. The predicted octanol–water partition coefficient (Wildman–Crippen LogP) is 3.45. The van der Waals surface area contributed by atoms with Crippen molar-refractivity contribution in [2.24, 2.45) is 0 Å². The number of pyridine rings is 1. The number of nitrogens with one attached hydrogen (secondary N) is 2. The van der Waals surface area contributed by atoms with Gasteiger partial charge in [0.1, 0.15) is 0 Å². The van der Waals surface area contributed by atoms with Crippen LogP contribution in [0.3, 0.4) is 0 Å². The number of hydrogen-bond acceptors (Lipinski definition) is 4. The summed E-state index contributed by atoms with van der Waals surface area (Å²) in [5, 5.41) is 10.8. The van der Waals surface area contributed by atoms with Crippen molar-refractivity contribution in [2.45, 2.75) is 39.8 Å². The van der Waals surface area contributed by atoms with Crippen LogP contribution in [0.15, 0.2) is 18.2 Å². The Morgan fingerprint density at radius 2 is 2.05 bits per heavy atom. The molecule has 0 fully saturated rings. The standard InChI is InChI=1S/C14H19ClN4O/c1-9-7-13(19-18-9)20-12-6-5-10(15)11(17-12)8-16-14(2,3)4/h5-7,16H,8H2,1-4H3,(H,18,19). The fraction of sp³-hybridized carbons (Fsp3) is 0.429. The van der Waals surface area contributed by atoms with Gasteiger partial charge in [-0.1, -0.05) is 11.6 Å². The minimum Gasteiger partial charge on any atom is -0.419 e. The zero-order valence-corrected chi connectivity index (χ0v) is 12.9. The number of aryl methyl sites for hydroxylation is 1. The molecule has 2 rings (SSSR count). The van der Waals surface area contributed by atoms with Gasteiger partial charge < -0.3 is 10.1 Å². The van der Waals surface area contributed by atoms with Gasteiger partial charge in [0.15, 0.2) is 0 Å². The lowest BCUT2D eigenvalue weighted by atomic mass is 10.1. The van der Waals surface area contributed by atoms with Crippen LogP contribution in [0.5, 0.6) is 11.8 Å². The summed E-state index contributed by atoms with van der Waals surface area (Å²) in [6.07, 6.45) is 0. The number of hydrogen-bond donors (Lipinski definition) is 2. The van der Waals surface area contributed by atoms with Crippen molar-refractivity contribution in [2.75, 3.05) is 0 Å². The highest BCUT2D eigenvalue weighted by Gasteiger charge is 2.12. The van der Waals surface area contributed by atoms with Crippen LogP contribution in [0, 0.1) is 6.92 Å². The number of aromatic amines is 1. The molecule has 0 spiro atoms. The zero-order chi connectivity index (χ0) is 14.8. The normalized spacial score (nSPS) is 11.7. The van der Waals surface area contributed by atoms with Gasteiger partial charge in [-0.15, -0.1) is 5.10 Å². The minimum atomic E-state index is 0.00117. The molecule has 20 heavy (non-hydrogen) atoms. The highest BCUT2D eigenvalue weighted by Crippen LogP contribution is 2.22. The molecule has 0 aliphatic carbocycles. The van der Waals surface area contributed by atoms with Gasteiger partial charge in [0.05, 0.1) is 10.7 Å². The van der Waals surface area contributed by atoms with E-state index < -0.39 is 0 Å². The van der Waals surface area contributed by atoms with Crippen molar-refractivity contribution in [3.05, 3.63) is 34.6 Å². The predicted molar refractivity (Wildman–Crippen MR) is 79.2 cm³/mol. The van der Waals surface area contributed by atoms with E-state index in [2.05, 4.69) is 41.3 Å². The van der Waals surface area contributed by atoms with Crippen LogP contribution in [0.1, 0.15) is 32.2 Å². The number of H-pyrrole nitrogens is 1. The summed E-state index contributed by atoms with van der Waals surface area (Å²) in [5.74, 6) is 0.971. The van der Waals surface area contributed by atoms with Crippen molar-refractivity contribution < 1.29 is 4.74 Å². The van der Waals surface area contributed by atoms with Crippen LogP contribution in [0.4, 0.5) is 0 Å². The number of halogens is 1. The molecule has 2 N–H and O–H groups in total. The Bertz CT molecular complexity index is 589. The molecular formula is C14H19ClN4O. The van der Waals surface area contributed by atoms with Crippen molar-refractivity contribution >= 4 is 11.6 Å². The second-order valence-corrected chi connectivity index (χ2v) is 6.08. The summed E-state index contributed by atoms with van der Waals surface area (Å²) in [7, 11) is 0. The van der Waals surface area contributed by atoms with E-state index in [-0.39, 0.29) is 5.54 Å². The van der Waals surface area contributed by atoms with Gasteiger partial charge in [0.25, 0.3) is 0 Å². The van der Waals surface area contributed by atoms with Crippen LogP contribution >= 0.6 is 11.6 Å². The maximum atomic E-state index is 6.15. The average Bonchev–Trinajstić information content (AvgIpc) is 2.74. The van der Waals surface area contributed by atoms with Crippen molar-refractivity contribution in [1.82, 2.24) is 20.5 Å². The number of aromatic nitrogens is 3. The number of nitrogens with zero attached hydrogens (tertiary/aromatic N) is 2. The van der Waals surface area contributed by atoms with Crippen LogP contribution in [0.25, 0.3) is 0 Å².